The number of H-pyrrole nitrogens is 1. The van der Waals surface area contributed by atoms with Crippen molar-refractivity contribution in [2.75, 3.05) is 13.1 Å². The first-order valence-corrected chi connectivity index (χ1v) is 8.22. The quantitative estimate of drug-likeness (QED) is 0.810. The summed E-state index contributed by atoms with van der Waals surface area (Å²) in [5.41, 5.74) is -0.545. The molecule has 2 aromatic rings. The highest BCUT2D eigenvalue weighted by atomic mass is 35.5. The molecule has 1 aromatic heterocycles. The van der Waals surface area contributed by atoms with E-state index in [9.17, 15) is 9.59 Å². The Balaban J connectivity index is 1.53. The van der Waals surface area contributed by atoms with Crippen LogP contribution in [0, 0.1) is 0 Å². The molecular weight excluding hydrogens is 332 g/mol. The number of fused-ring (bicyclic) bond motifs is 1. The zero-order chi connectivity index (χ0) is 16.7. The van der Waals surface area contributed by atoms with Crippen molar-refractivity contribution in [2.24, 2.45) is 0 Å². The second-order valence-corrected chi connectivity index (χ2v) is 6.86. The standard InChI is InChI=1S/C16H17ClN4O3/c17-12-3-1-2-11(6-12)7-20-5-4-16(9-20)10-21-13(8-24-16)18-19-14(22)15(21)23/h1-3,6H,4-5,7-10H2,(H,19,22)/t16-/m1/s1. The normalized spacial score (nSPS) is 23.5. The van der Waals surface area contributed by atoms with Gasteiger partial charge in [-0.25, -0.2) is 5.10 Å². The van der Waals surface area contributed by atoms with Gasteiger partial charge in [0.05, 0.1) is 6.54 Å². The van der Waals surface area contributed by atoms with Gasteiger partial charge in [0.25, 0.3) is 0 Å². The summed E-state index contributed by atoms with van der Waals surface area (Å²) < 4.78 is 7.48. The number of aromatic amines is 1. The maximum absolute atomic E-state index is 12.1. The predicted octanol–water partition coefficient (Wildman–Crippen LogP) is 0.760. The Morgan fingerprint density at radius 1 is 1.33 bits per heavy atom. The van der Waals surface area contributed by atoms with E-state index in [2.05, 4.69) is 15.1 Å². The number of benzene rings is 1. The van der Waals surface area contributed by atoms with Crippen LogP contribution < -0.4 is 11.1 Å². The molecule has 3 heterocycles. The first kappa shape index (κ1) is 15.6. The Labute approximate surface area is 142 Å². The number of nitrogens with one attached hydrogen (secondary N) is 1. The molecule has 1 N–H and O–H groups in total. The van der Waals surface area contributed by atoms with Crippen LogP contribution in [0.3, 0.4) is 0 Å². The van der Waals surface area contributed by atoms with Gasteiger partial charge < -0.3 is 4.74 Å². The van der Waals surface area contributed by atoms with Crippen LogP contribution in [0.2, 0.25) is 5.02 Å². The molecule has 8 heteroatoms. The van der Waals surface area contributed by atoms with E-state index < -0.39 is 16.7 Å². The molecule has 0 saturated carbocycles. The Morgan fingerprint density at radius 3 is 3.04 bits per heavy atom. The van der Waals surface area contributed by atoms with Gasteiger partial charge in [-0.2, -0.15) is 5.10 Å². The number of halogens is 1. The molecule has 2 aliphatic heterocycles. The highest BCUT2D eigenvalue weighted by Gasteiger charge is 2.43. The highest BCUT2D eigenvalue weighted by Crippen LogP contribution is 2.31. The minimum absolute atomic E-state index is 0.233. The fourth-order valence-corrected chi connectivity index (χ4v) is 3.70. The smallest absolute Gasteiger partial charge is 0.330 e. The van der Waals surface area contributed by atoms with Crippen LogP contribution in [0.25, 0.3) is 0 Å². The molecule has 126 valence electrons. The van der Waals surface area contributed by atoms with Crippen LogP contribution in [0.4, 0.5) is 0 Å². The molecule has 0 bridgehead atoms. The molecule has 0 unspecified atom stereocenters. The van der Waals surface area contributed by atoms with Crippen LogP contribution in [0.5, 0.6) is 0 Å². The molecule has 7 nitrogen and oxygen atoms in total. The van der Waals surface area contributed by atoms with E-state index in [1.165, 1.54) is 4.57 Å². The third-order valence-electron chi connectivity index (χ3n) is 4.68. The van der Waals surface area contributed by atoms with Gasteiger partial charge in [0.1, 0.15) is 12.2 Å². The minimum Gasteiger partial charge on any atom is -0.364 e. The third kappa shape index (κ3) is 2.79. The number of rotatable bonds is 2. The first-order valence-electron chi connectivity index (χ1n) is 7.84. The molecule has 0 radical (unpaired) electrons. The second kappa shape index (κ2) is 5.84. The van der Waals surface area contributed by atoms with E-state index in [1.54, 1.807) is 0 Å². The third-order valence-corrected chi connectivity index (χ3v) is 4.92. The van der Waals surface area contributed by atoms with Gasteiger partial charge in [-0.3, -0.25) is 19.1 Å². The van der Waals surface area contributed by atoms with Crippen molar-refractivity contribution in [1.82, 2.24) is 19.7 Å². The molecule has 1 fully saturated rings. The largest absolute Gasteiger partial charge is 0.364 e. The summed E-state index contributed by atoms with van der Waals surface area (Å²) in [6.45, 7) is 2.95. The van der Waals surface area contributed by atoms with Gasteiger partial charge in [0, 0.05) is 24.7 Å². The van der Waals surface area contributed by atoms with Gasteiger partial charge in [-0.05, 0) is 24.1 Å². The van der Waals surface area contributed by atoms with Crippen LogP contribution in [-0.4, -0.2) is 38.4 Å². The number of nitrogens with zero attached hydrogens (tertiary/aromatic N) is 3. The van der Waals surface area contributed by atoms with E-state index in [0.717, 1.165) is 30.1 Å². The lowest BCUT2D eigenvalue weighted by molar-refractivity contribution is -0.0853. The summed E-state index contributed by atoms with van der Waals surface area (Å²) in [4.78, 5) is 25.9. The van der Waals surface area contributed by atoms with Crippen LogP contribution in [0.15, 0.2) is 33.9 Å². The van der Waals surface area contributed by atoms with Crippen LogP contribution in [-0.2, 0) is 24.4 Å². The Hall–Kier alpha value is -1.96. The summed E-state index contributed by atoms with van der Waals surface area (Å²) in [7, 11) is 0. The van der Waals surface area contributed by atoms with E-state index in [4.69, 9.17) is 16.3 Å². The lowest BCUT2D eigenvalue weighted by atomic mass is 10.0. The fourth-order valence-electron chi connectivity index (χ4n) is 3.49. The Morgan fingerprint density at radius 2 is 2.21 bits per heavy atom. The minimum atomic E-state index is -0.690. The predicted molar refractivity (Wildman–Crippen MR) is 88.0 cm³/mol. The summed E-state index contributed by atoms with van der Waals surface area (Å²) in [5, 5.41) is 6.84. The molecule has 4 rings (SSSR count). The van der Waals surface area contributed by atoms with Crippen LogP contribution >= 0.6 is 11.6 Å². The summed E-state index contributed by atoms with van der Waals surface area (Å²) in [6, 6.07) is 7.79. The van der Waals surface area contributed by atoms with E-state index in [1.807, 2.05) is 24.3 Å². The molecule has 1 aromatic carbocycles. The number of likely N-dealkylation sites (tertiary alicyclic amines) is 1. The first-order chi connectivity index (χ1) is 11.5. The van der Waals surface area contributed by atoms with E-state index in [0.29, 0.717) is 18.9 Å². The Kier molecular flexibility index (Phi) is 3.79. The average Bonchev–Trinajstić information content (AvgIpc) is 2.94. The molecular formula is C16H17ClN4O3. The number of hydrogen-bond donors (Lipinski definition) is 1. The monoisotopic (exact) mass is 348 g/mol. The van der Waals surface area contributed by atoms with Crippen molar-refractivity contribution in [3.05, 3.63) is 61.4 Å². The summed E-state index contributed by atoms with van der Waals surface area (Å²) in [5.74, 6) is 0.471. The van der Waals surface area contributed by atoms with E-state index >= 15 is 0 Å². The number of ether oxygens (including phenoxy) is 1. The van der Waals surface area contributed by atoms with Crippen molar-refractivity contribution in [3.8, 4) is 0 Å². The lowest BCUT2D eigenvalue weighted by Gasteiger charge is -2.34. The zero-order valence-corrected chi connectivity index (χ0v) is 13.8. The zero-order valence-electron chi connectivity index (χ0n) is 13.0. The fraction of sp³-hybridized carbons (Fsp3) is 0.438. The van der Waals surface area contributed by atoms with Gasteiger partial charge in [0.2, 0.25) is 0 Å². The van der Waals surface area contributed by atoms with E-state index in [-0.39, 0.29) is 6.61 Å². The highest BCUT2D eigenvalue weighted by molar-refractivity contribution is 6.30. The SMILES string of the molecule is O=c1[nH]nc2n(c1=O)C[C@]1(CCN(Cc3cccc(Cl)c3)C1)OC2. The Bertz CT molecular complexity index is 893. The maximum atomic E-state index is 12.1. The van der Waals surface area contributed by atoms with Crippen molar-refractivity contribution in [1.29, 1.82) is 0 Å². The molecule has 1 saturated heterocycles. The topological polar surface area (TPSA) is 80.2 Å². The van der Waals surface area contributed by atoms with Gasteiger partial charge in [0.15, 0.2) is 5.82 Å². The van der Waals surface area contributed by atoms with Crippen molar-refractivity contribution in [3.63, 3.8) is 0 Å². The molecule has 0 amide bonds. The lowest BCUT2D eigenvalue weighted by Crippen LogP contribution is -2.51. The molecule has 2 aliphatic rings. The summed E-state index contributed by atoms with van der Waals surface area (Å²) in [6.07, 6.45) is 0.812. The van der Waals surface area contributed by atoms with Crippen molar-refractivity contribution < 1.29 is 4.74 Å². The van der Waals surface area contributed by atoms with Crippen molar-refractivity contribution >= 4 is 11.6 Å². The number of hydrogen-bond acceptors (Lipinski definition) is 5. The van der Waals surface area contributed by atoms with Gasteiger partial charge in [-0.15, -0.1) is 0 Å². The van der Waals surface area contributed by atoms with Gasteiger partial charge in [-0.1, -0.05) is 23.7 Å². The van der Waals surface area contributed by atoms with Crippen LogP contribution in [0.1, 0.15) is 17.8 Å². The maximum Gasteiger partial charge on any atom is 0.330 e. The molecule has 1 atom stereocenters. The molecule has 24 heavy (non-hydrogen) atoms. The summed E-state index contributed by atoms with van der Waals surface area (Å²) >= 11 is 6.04. The number of aromatic nitrogens is 3. The van der Waals surface area contributed by atoms with Crippen molar-refractivity contribution in [2.45, 2.75) is 31.7 Å². The second-order valence-electron chi connectivity index (χ2n) is 6.42. The van der Waals surface area contributed by atoms with Gasteiger partial charge >= 0.3 is 11.1 Å². The average molecular weight is 349 g/mol. The molecule has 1 spiro atoms. The molecule has 0 aliphatic carbocycles.